The average molecular weight is 294 g/mol. The topological polar surface area (TPSA) is 77.8 Å². The fraction of sp³-hybridized carbons (Fsp3) is 0.333. The van der Waals surface area contributed by atoms with Crippen LogP contribution < -0.4 is 5.30 Å². The van der Waals surface area contributed by atoms with Crippen molar-refractivity contribution in [1.29, 1.82) is 0 Å². The standard InChI is InChI=1S/C15H19O4P/c1-9(2)8-20(18,19)15-10(3)13(16)11-6-4-5-7-12(11)14(15)17/h4-7,9,16-17H,8H2,1-3H3,(H,18,19). The maximum Gasteiger partial charge on any atom is 0.233 e. The number of hydrogen-bond acceptors (Lipinski definition) is 3. The van der Waals surface area contributed by atoms with E-state index >= 15 is 0 Å². The van der Waals surface area contributed by atoms with E-state index in [1.165, 1.54) is 0 Å². The summed E-state index contributed by atoms with van der Waals surface area (Å²) >= 11 is 0. The summed E-state index contributed by atoms with van der Waals surface area (Å²) in [7, 11) is -3.72. The molecule has 0 aliphatic heterocycles. The van der Waals surface area contributed by atoms with Crippen LogP contribution in [0.3, 0.4) is 0 Å². The van der Waals surface area contributed by atoms with Gasteiger partial charge in [0.25, 0.3) is 0 Å². The molecule has 0 amide bonds. The Hall–Kier alpha value is -1.51. The molecule has 5 heteroatoms. The highest BCUT2D eigenvalue weighted by molar-refractivity contribution is 7.66. The zero-order chi connectivity index (χ0) is 15.1. The summed E-state index contributed by atoms with van der Waals surface area (Å²) in [6.07, 6.45) is 0.0686. The lowest BCUT2D eigenvalue weighted by Gasteiger charge is -2.20. The van der Waals surface area contributed by atoms with E-state index in [2.05, 4.69) is 0 Å². The normalized spacial score (nSPS) is 14.7. The maximum atomic E-state index is 12.5. The van der Waals surface area contributed by atoms with Crippen molar-refractivity contribution in [2.45, 2.75) is 20.8 Å². The van der Waals surface area contributed by atoms with E-state index in [1.807, 2.05) is 13.8 Å². The molecular weight excluding hydrogens is 275 g/mol. The van der Waals surface area contributed by atoms with Gasteiger partial charge in [-0.05, 0) is 12.8 Å². The zero-order valence-corrected chi connectivity index (χ0v) is 12.7. The van der Waals surface area contributed by atoms with E-state index in [-0.39, 0.29) is 34.4 Å². The Morgan fingerprint density at radius 1 is 1.10 bits per heavy atom. The van der Waals surface area contributed by atoms with Crippen LogP contribution in [0.4, 0.5) is 0 Å². The van der Waals surface area contributed by atoms with Crippen LogP contribution >= 0.6 is 7.37 Å². The second-order valence-corrected chi connectivity index (χ2v) is 7.71. The van der Waals surface area contributed by atoms with Crippen LogP contribution in [0.1, 0.15) is 19.4 Å². The van der Waals surface area contributed by atoms with Crippen LogP contribution in [0.5, 0.6) is 11.5 Å². The van der Waals surface area contributed by atoms with Crippen molar-refractivity contribution in [1.82, 2.24) is 0 Å². The highest BCUT2D eigenvalue weighted by Gasteiger charge is 2.31. The van der Waals surface area contributed by atoms with E-state index in [9.17, 15) is 19.7 Å². The third kappa shape index (κ3) is 2.41. The fourth-order valence-corrected chi connectivity index (χ4v) is 4.78. The van der Waals surface area contributed by atoms with Crippen molar-refractivity contribution in [3.05, 3.63) is 29.8 Å². The van der Waals surface area contributed by atoms with Crippen molar-refractivity contribution >= 4 is 23.4 Å². The van der Waals surface area contributed by atoms with Gasteiger partial charge in [-0.2, -0.15) is 0 Å². The molecular formula is C15H19O4P. The van der Waals surface area contributed by atoms with Gasteiger partial charge < -0.3 is 15.1 Å². The third-order valence-corrected chi connectivity index (χ3v) is 5.81. The Morgan fingerprint density at radius 2 is 1.60 bits per heavy atom. The molecule has 2 aromatic rings. The first-order valence-electron chi connectivity index (χ1n) is 6.51. The summed E-state index contributed by atoms with van der Waals surface area (Å²) in [6, 6.07) is 6.76. The molecule has 0 aliphatic rings. The van der Waals surface area contributed by atoms with E-state index in [1.54, 1.807) is 31.2 Å². The van der Waals surface area contributed by atoms with Gasteiger partial charge in [-0.25, -0.2) is 0 Å². The molecule has 108 valence electrons. The van der Waals surface area contributed by atoms with Crippen LogP contribution in [0.2, 0.25) is 0 Å². The van der Waals surface area contributed by atoms with Crippen LogP contribution in [-0.4, -0.2) is 21.3 Å². The summed E-state index contributed by atoms with van der Waals surface area (Å²) in [5.41, 5.74) is 0.271. The Kier molecular flexibility index (Phi) is 3.81. The molecule has 0 bridgehead atoms. The van der Waals surface area contributed by atoms with Crippen molar-refractivity contribution in [3.8, 4) is 11.5 Å². The predicted molar refractivity (Wildman–Crippen MR) is 81.2 cm³/mol. The number of benzene rings is 2. The van der Waals surface area contributed by atoms with E-state index < -0.39 is 7.37 Å². The summed E-state index contributed by atoms with van der Waals surface area (Å²) in [5.74, 6) is -0.243. The molecule has 0 radical (unpaired) electrons. The molecule has 0 fully saturated rings. The van der Waals surface area contributed by atoms with Gasteiger partial charge in [0.1, 0.15) is 11.5 Å². The lowest BCUT2D eigenvalue weighted by molar-refractivity contribution is 0.459. The van der Waals surface area contributed by atoms with Gasteiger partial charge in [0.05, 0.1) is 5.30 Å². The summed E-state index contributed by atoms with van der Waals surface area (Å²) < 4.78 is 12.5. The number of phenols is 2. The Labute approximate surface area is 118 Å². The Balaban J connectivity index is 2.81. The highest BCUT2D eigenvalue weighted by atomic mass is 31.2. The Bertz CT molecular complexity index is 707. The molecule has 0 spiro atoms. The summed E-state index contributed by atoms with van der Waals surface area (Å²) in [4.78, 5) is 10.3. The zero-order valence-electron chi connectivity index (χ0n) is 11.8. The molecule has 2 aromatic carbocycles. The van der Waals surface area contributed by atoms with Crippen molar-refractivity contribution in [2.75, 3.05) is 6.16 Å². The predicted octanol–water partition coefficient (Wildman–Crippen LogP) is 3.11. The van der Waals surface area contributed by atoms with Gasteiger partial charge in [-0.1, -0.05) is 38.1 Å². The molecule has 2 rings (SSSR count). The van der Waals surface area contributed by atoms with Crippen LogP contribution in [0.25, 0.3) is 10.8 Å². The lowest BCUT2D eigenvalue weighted by atomic mass is 10.0. The molecule has 0 saturated heterocycles. The molecule has 1 unspecified atom stereocenters. The average Bonchev–Trinajstić information content (AvgIpc) is 2.34. The van der Waals surface area contributed by atoms with Crippen molar-refractivity contribution in [3.63, 3.8) is 0 Å². The van der Waals surface area contributed by atoms with E-state index in [4.69, 9.17) is 0 Å². The second-order valence-electron chi connectivity index (χ2n) is 5.49. The van der Waals surface area contributed by atoms with Crippen molar-refractivity contribution in [2.24, 2.45) is 5.92 Å². The van der Waals surface area contributed by atoms with E-state index in [0.717, 1.165) is 0 Å². The highest BCUT2D eigenvalue weighted by Crippen LogP contribution is 2.49. The lowest BCUT2D eigenvalue weighted by Crippen LogP contribution is -2.15. The minimum Gasteiger partial charge on any atom is -0.507 e. The molecule has 0 saturated carbocycles. The number of phenolic OH excluding ortho intramolecular Hbond substituents is 2. The fourth-order valence-electron chi connectivity index (χ4n) is 2.53. The van der Waals surface area contributed by atoms with Crippen LogP contribution in [-0.2, 0) is 4.57 Å². The minimum atomic E-state index is -3.72. The molecule has 1 atom stereocenters. The molecule has 3 N–H and O–H groups in total. The molecule has 4 nitrogen and oxygen atoms in total. The third-order valence-electron chi connectivity index (χ3n) is 3.33. The number of hydrogen-bond donors (Lipinski definition) is 3. The first kappa shape index (κ1) is 14.9. The summed E-state index contributed by atoms with van der Waals surface area (Å²) in [5, 5.41) is 21.4. The van der Waals surface area contributed by atoms with Crippen LogP contribution in [0.15, 0.2) is 24.3 Å². The molecule has 0 aliphatic carbocycles. The number of aromatic hydroxyl groups is 2. The van der Waals surface area contributed by atoms with Crippen molar-refractivity contribution < 1.29 is 19.7 Å². The minimum absolute atomic E-state index is 0.0123. The SMILES string of the molecule is Cc1c(P(=O)(O)CC(C)C)c(O)c2ccccc2c1O. The molecule has 20 heavy (non-hydrogen) atoms. The second kappa shape index (κ2) is 5.12. The smallest absolute Gasteiger partial charge is 0.233 e. The first-order valence-corrected chi connectivity index (χ1v) is 8.35. The van der Waals surface area contributed by atoms with Gasteiger partial charge in [0, 0.05) is 22.5 Å². The van der Waals surface area contributed by atoms with Gasteiger partial charge in [0.15, 0.2) is 0 Å². The van der Waals surface area contributed by atoms with Crippen LogP contribution in [0, 0.1) is 12.8 Å². The monoisotopic (exact) mass is 294 g/mol. The van der Waals surface area contributed by atoms with Gasteiger partial charge in [0.2, 0.25) is 7.37 Å². The molecule has 0 heterocycles. The quantitative estimate of drug-likeness (QED) is 0.600. The van der Waals surface area contributed by atoms with Gasteiger partial charge >= 0.3 is 0 Å². The first-order chi connectivity index (χ1) is 9.25. The maximum absolute atomic E-state index is 12.5. The van der Waals surface area contributed by atoms with E-state index in [0.29, 0.717) is 10.8 Å². The van der Waals surface area contributed by atoms with Gasteiger partial charge in [-0.15, -0.1) is 0 Å². The Morgan fingerprint density at radius 3 is 2.10 bits per heavy atom. The number of rotatable bonds is 3. The summed E-state index contributed by atoms with van der Waals surface area (Å²) in [6.45, 7) is 5.24. The number of fused-ring (bicyclic) bond motifs is 1. The van der Waals surface area contributed by atoms with Gasteiger partial charge in [-0.3, -0.25) is 4.57 Å². The molecule has 0 aromatic heterocycles. The largest absolute Gasteiger partial charge is 0.507 e.